The van der Waals surface area contributed by atoms with E-state index in [0.717, 1.165) is 38.8 Å². The maximum absolute atomic E-state index is 12.6. The molecule has 0 radical (unpaired) electrons. The lowest BCUT2D eigenvalue weighted by Crippen LogP contribution is -2.46. The van der Waals surface area contributed by atoms with Crippen LogP contribution in [0.5, 0.6) is 0 Å². The predicted octanol–water partition coefficient (Wildman–Crippen LogP) is 0.957. The second kappa shape index (κ2) is 7.79. The summed E-state index contributed by atoms with van der Waals surface area (Å²) in [6.07, 6.45) is 5.94. The van der Waals surface area contributed by atoms with Crippen molar-refractivity contribution in [3.63, 3.8) is 0 Å². The molecule has 2 saturated heterocycles. The van der Waals surface area contributed by atoms with Crippen LogP contribution in [0, 0.1) is 5.92 Å². The summed E-state index contributed by atoms with van der Waals surface area (Å²) in [7, 11) is 0. The van der Waals surface area contributed by atoms with E-state index in [1.165, 1.54) is 6.39 Å². The highest BCUT2D eigenvalue weighted by Crippen LogP contribution is 2.19. The van der Waals surface area contributed by atoms with Gasteiger partial charge in [0, 0.05) is 26.1 Å². The summed E-state index contributed by atoms with van der Waals surface area (Å²) in [6, 6.07) is -0.0476. The van der Waals surface area contributed by atoms with E-state index >= 15 is 0 Å². The summed E-state index contributed by atoms with van der Waals surface area (Å²) in [4.78, 5) is 30.7. The third kappa shape index (κ3) is 3.77. The summed E-state index contributed by atoms with van der Waals surface area (Å²) < 4.78 is 5.27. The van der Waals surface area contributed by atoms with E-state index in [-0.39, 0.29) is 17.9 Å². The normalized spacial score (nSPS) is 24.1. The van der Waals surface area contributed by atoms with Gasteiger partial charge in [0.05, 0.1) is 6.04 Å². The summed E-state index contributed by atoms with van der Waals surface area (Å²) in [5.74, 6) is 0.961. The molecule has 3 rings (SSSR count). The number of carbonyl (C=O) groups is 2. The first-order valence-corrected chi connectivity index (χ1v) is 8.91. The minimum Gasteiger partial charge on any atom is -0.448 e. The standard InChI is InChI=1S/C17H26N4O3/c1-2-14-15(20-11-24-14)17(23)21-8-4-5-12(10-21)9-19-16(22)13-6-3-7-18-13/h11-13,18H,2-10H2,1H3,(H,19,22). The smallest absolute Gasteiger partial charge is 0.276 e. The Bertz CT molecular complexity index is 580. The van der Waals surface area contributed by atoms with Gasteiger partial charge >= 0.3 is 0 Å². The Hall–Kier alpha value is -1.89. The molecule has 2 aliphatic heterocycles. The average molecular weight is 334 g/mol. The summed E-state index contributed by atoms with van der Waals surface area (Å²) in [5, 5.41) is 6.24. The molecule has 3 heterocycles. The monoisotopic (exact) mass is 334 g/mol. The Morgan fingerprint density at radius 2 is 2.29 bits per heavy atom. The van der Waals surface area contributed by atoms with E-state index in [9.17, 15) is 9.59 Å². The second-order valence-electron chi connectivity index (χ2n) is 6.63. The molecule has 0 aromatic carbocycles. The lowest BCUT2D eigenvalue weighted by atomic mass is 9.97. The molecule has 1 aromatic rings. The topological polar surface area (TPSA) is 87.5 Å². The van der Waals surface area contributed by atoms with Crippen molar-refractivity contribution in [3.05, 3.63) is 17.8 Å². The van der Waals surface area contributed by atoms with Gasteiger partial charge in [-0.1, -0.05) is 6.92 Å². The van der Waals surface area contributed by atoms with E-state index in [1.807, 2.05) is 11.8 Å². The van der Waals surface area contributed by atoms with Gasteiger partial charge in [-0.05, 0) is 38.1 Å². The van der Waals surface area contributed by atoms with Crippen molar-refractivity contribution >= 4 is 11.8 Å². The van der Waals surface area contributed by atoms with Crippen molar-refractivity contribution in [2.75, 3.05) is 26.2 Å². The number of aromatic nitrogens is 1. The molecule has 0 aliphatic carbocycles. The molecule has 24 heavy (non-hydrogen) atoms. The minimum atomic E-state index is -0.0610. The molecule has 2 atom stereocenters. The highest BCUT2D eigenvalue weighted by atomic mass is 16.3. The molecule has 2 aliphatic rings. The fourth-order valence-electron chi connectivity index (χ4n) is 3.54. The fourth-order valence-corrected chi connectivity index (χ4v) is 3.54. The van der Waals surface area contributed by atoms with Crippen LogP contribution in [-0.2, 0) is 11.2 Å². The number of hydrogen-bond donors (Lipinski definition) is 2. The fraction of sp³-hybridized carbons (Fsp3) is 0.706. The minimum absolute atomic E-state index is 0.0476. The number of oxazole rings is 1. The number of nitrogens with zero attached hydrogens (tertiary/aromatic N) is 2. The first kappa shape index (κ1) is 17.0. The largest absolute Gasteiger partial charge is 0.448 e. The molecule has 7 heteroatoms. The van der Waals surface area contributed by atoms with Crippen LogP contribution in [0.1, 0.15) is 48.9 Å². The molecule has 0 saturated carbocycles. The number of carbonyl (C=O) groups excluding carboxylic acids is 2. The van der Waals surface area contributed by atoms with E-state index in [0.29, 0.717) is 36.9 Å². The van der Waals surface area contributed by atoms with E-state index in [1.54, 1.807) is 0 Å². The highest BCUT2D eigenvalue weighted by molar-refractivity contribution is 5.93. The Labute approximate surface area is 142 Å². The number of aryl methyl sites for hydroxylation is 1. The Morgan fingerprint density at radius 3 is 3.04 bits per heavy atom. The van der Waals surface area contributed by atoms with Gasteiger partial charge in [0.2, 0.25) is 5.91 Å². The van der Waals surface area contributed by atoms with Crippen LogP contribution >= 0.6 is 0 Å². The van der Waals surface area contributed by atoms with Gasteiger partial charge in [0.1, 0.15) is 5.76 Å². The maximum Gasteiger partial charge on any atom is 0.276 e. The zero-order valence-corrected chi connectivity index (χ0v) is 14.2. The molecular formula is C17H26N4O3. The molecule has 2 N–H and O–H groups in total. The molecule has 2 fully saturated rings. The van der Waals surface area contributed by atoms with E-state index < -0.39 is 0 Å². The Balaban J connectivity index is 1.52. The van der Waals surface area contributed by atoms with Gasteiger partial charge < -0.3 is 20.0 Å². The Morgan fingerprint density at radius 1 is 1.42 bits per heavy atom. The van der Waals surface area contributed by atoms with Crippen molar-refractivity contribution in [3.8, 4) is 0 Å². The van der Waals surface area contributed by atoms with Gasteiger partial charge in [0.25, 0.3) is 5.91 Å². The molecule has 132 valence electrons. The quantitative estimate of drug-likeness (QED) is 0.837. The van der Waals surface area contributed by atoms with Gasteiger partial charge in [-0.15, -0.1) is 0 Å². The average Bonchev–Trinajstić information content (AvgIpc) is 3.30. The summed E-state index contributed by atoms with van der Waals surface area (Å²) in [5.41, 5.74) is 0.428. The number of amides is 2. The zero-order valence-electron chi connectivity index (χ0n) is 14.2. The summed E-state index contributed by atoms with van der Waals surface area (Å²) >= 11 is 0. The Kier molecular flexibility index (Phi) is 5.50. The van der Waals surface area contributed by atoms with E-state index in [4.69, 9.17) is 4.42 Å². The second-order valence-corrected chi connectivity index (χ2v) is 6.63. The van der Waals surface area contributed by atoms with Crippen LogP contribution in [0.4, 0.5) is 0 Å². The van der Waals surface area contributed by atoms with Crippen LogP contribution < -0.4 is 10.6 Å². The molecule has 2 unspecified atom stereocenters. The number of piperidine rings is 1. The first-order chi connectivity index (χ1) is 11.7. The first-order valence-electron chi connectivity index (χ1n) is 8.91. The van der Waals surface area contributed by atoms with Crippen molar-refractivity contribution in [2.45, 2.75) is 45.1 Å². The molecule has 0 bridgehead atoms. The van der Waals surface area contributed by atoms with Crippen molar-refractivity contribution < 1.29 is 14.0 Å². The lowest BCUT2D eigenvalue weighted by Gasteiger charge is -2.32. The molecule has 7 nitrogen and oxygen atoms in total. The number of nitrogens with one attached hydrogen (secondary N) is 2. The lowest BCUT2D eigenvalue weighted by molar-refractivity contribution is -0.123. The number of rotatable bonds is 5. The third-order valence-electron chi connectivity index (χ3n) is 4.91. The van der Waals surface area contributed by atoms with Gasteiger partial charge in [0.15, 0.2) is 12.1 Å². The third-order valence-corrected chi connectivity index (χ3v) is 4.91. The highest BCUT2D eigenvalue weighted by Gasteiger charge is 2.28. The predicted molar refractivity (Wildman–Crippen MR) is 88.5 cm³/mol. The molecular weight excluding hydrogens is 308 g/mol. The van der Waals surface area contributed by atoms with Crippen LogP contribution in [0.2, 0.25) is 0 Å². The number of likely N-dealkylation sites (tertiary alicyclic amines) is 1. The van der Waals surface area contributed by atoms with Crippen LogP contribution in [0.15, 0.2) is 10.8 Å². The molecule has 0 spiro atoms. The van der Waals surface area contributed by atoms with Crippen LogP contribution in [-0.4, -0.2) is 53.9 Å². The van der Waals surface area contributed by atoms with Crippen LogP contribution in [0.3, 0.4) is 0 Å². The van der Waals surface area contributed by atoms with Gasteiger partial charge in [-0.25, -0.2) is 4.98 Å². The maximum atomic E-state index is 12.6. The van der Waals surface area contributed by atoms with Crippen molar-refractivity contribution in [1.82, 2.24) is 20.5 Å². The van der Waals surface area contributed by atoms with Gasteiger partial charge in [-0.2, -0.15) is 0 Å². The summed E-state index contributed by atoms with van der Waals surface area (Å²) in [6.45, 7) is 4.89. The van der Waals surface area contributed by atoms with Crippen LogP contribution in [0.25, 0.3) is 0 Å². The molecule has 1 aromatic heterocycles. The molecule has 2 amide bonds. The SMILES string of the molecule is CCc1ocnc1C(=O)N1CCCC(CNC(=O)C2CCCN2)C1. The van der Waals surface area contributed by atoms with Crippen molar-refractivity contribution in [1.29, 1.82) is 0 Å². The number of hydrogen-bond acceptors (Lipinski definition) is 5. The van der Waals surface area contributed by atoms with Crippen molar-refractivity contribution in [2.24, 2.45) is 5.92 Å². The zero-order chi connectivity index (χ0) is 16.9. The van der Waals surface area contributed by atoms with Gasteiger partial charge in [-0.3, -0.25) is 9.59 Å². The van der Waals surface area contributed by atoms with E-state index in [2.05, 4.69) is 15.6 Å².